The first-order chi connectivity index (χ1) is 10.5. The summed E-state index contributed by atoms with van der Waals surface area (Å²) in [5.74, 6) is -0.693. The highest BCUT2D eigenvalue weighted by Gasteiger charge is 2.35. The highest BCUT2D eigenvalue weighted by molar-refractivity contribution is 5.83. The van der Waals surface area contributed by atoms with Crippen LogP contribution in [0.15, 0.2) is 30.3 Å². The molecule has 0 saturated carbocycles. The molecular formula is C17H23NO4. The average Bonchev–Trinajstić information content (AvgIpc) is 2.54. The molecule has 2 rings (SSSR count). The number of nitrogens with one attached hydrogen (secondary N) is 1. The number of hydrogen-bond acceptors (Lipinski definition) is 3. The van der Waals surface area contributed by atoms with E-state index < -0.39 is 11.4 Å². The second-order valence-corrected chi connectivity index (χ2v) is 6.04. The largest absolute Gasteiger partial charge is 0.481 e. The summed E-state index contributed by atoms with van der Waals surface area (Å²) in [5.41, 5.74) is -0.430. The van der Waals surface area contributed by atoms with Gasteiger partial charge in [0.05, 0.1) is 0 Å². The fourth-order valence-electron chi connectivity index (χ4n) is 2.67. The number of benzene rings is 1. The lowest BCUT2D eigenvalue weighted by Gasteiger charge is -2.27. The van der Waals surface area contributed by atoms with E-state index >= 15 is 0 Å². The molecule has 0 aliphatic carbocycles. The Kier molecular flexibility index (Phi) is 5.55. The fraction of sp³-hybridized carbons (Fsp3) is 0.529. The first kappa shape index (κ1) is 16.5. The van der Waals surface area contributed by atoms with Crippen molar-refractivity contribution in [1.82, 2.24) is 5.32 Å². The molecule has 1 fully saturated rings. The summed E-state index contributed by atoms with van der Waals surface area (Å²) in [4.78, 5) is 23.7. The smallest absolute Gasteiger partial charge is 0.315 e. The monoisotopic (exact) mass is 305 g/mol. The van der Waals surface area contributed by atoms with Crippen molar-refractivity contribution in [2.24, 2.45) is 5.92 Å². The van der Waals surface area contributed by atoms with Crippen molar-refractivity contribution in [2.45, 2.75) is 31.6 Å². The van der Waals surface area contributed by atoms with E-state index in [0.717, 1.165) is 12.8 Å². The molecule has 1 atom stereocenters. The predicted molar refractivity (Wildman–Crippen MR) is 82.6 cm³/mol. The van der Waals surface area contributed by atoms with Gasteiger partial charge in [-0.3, -0.25) is 9.59 Å². The number of amides is 1. The minimum atomic E-state index is -1.12. The summed E-state index contributed by atoms with van der Waals surface area (Å²) >= 11 is 0. The van der Waals surface area contributed by atoms with Crippen molar-refractivity contribution < 1.29 is 19.4 Å². The third-order valence-corrected chi connectivity index (χ3v) is 4.34. The van der Waals surface area contributed by atoms with E-state index in [1.807, 2.05) is 6.07 Å². The number of carboxylic acids is 1. The Morgan fingerprint density at radius 1 is 1.27 bits per heavy atom. The fourth-order valence-corrected chi connectivity index (χ4v) is 2.67. The first-order valence-electron chi connectivity index (χ1n) is 7.66. The van der Waals surface area contributed by atoms with Crippen molar-refractivity contribution >= 4 is 11.9 Å². The quantitative estimate of drug-likeness (QED) is 0.842. The van der Waals surface area contributed by atoms with Crippen LogP contribution in [0.5, 0.6) is 0 Å². The summed E-state index contributed by atoms with van der Waals surface area (Å²) in [6.45, 7) is 3.14. The highest BCUT2D eigenvalue weighted by atomic mass is 16.5. The van der Waals surface area contributed by atoms with Crippen molar-refractivity contribution in [3.63, 3.8) is 0 Å². The number of carbonyl (C=O) groups is 2. The Morgan fingerprint density at radius 3 is 2.50 bits per heavy atom. The summed E-state index contributed by atoms with van der Waals surface area (Å²) in [7, 11) is 0. The van der Waals surface area contributed by atoms with Crippen molar-refractivity contribution in [2.75, 3.05) is 19.8 Å². The molecule has 1 aliphatic heterocycles. The molecule has 5 heteroatoms. The molecule has 1 aromatic carbocycles. The molecule has 5 nitrogen and oxygen atoms in total. The molecule has 22 heavy (non-hydrogen) atoms. The number of aliphatic carboxylic acids is 1. The van der Waals surface area contributed by atoms with Crippen LogP contribution in [0, 0.1) is 5.92 Å². The second-order valence-electron chi connectivity index (χ2n) is 6.04. The van der Waals surface area contributed by atoms with Gasteiger partial charge in [-0.15, -0.1) is 0 Å². The minimum absolute atomic E-state index is 0.0877. The van der Waals surface area contributed by atoms with Gasteiger partial charge in [0.1, 0.15) is 5.41 Å². The van der Waals surface area contributed by atoms with Gasteiger partial charge >= 0.3 is 5.97 Å². The molecule has 0 spiro atoms. The zero-order valence-electron chi connectivity index (χ0n) is 12.9. The highest BCUT2D eigenvalue weighted by Crippen LogP contribution is 2.24. The molecule has 1 unspecified atom stereocenters. The number of carboxylic acid groups (broad SMARTS) is 1. The molecule has 1 heterocycles. The van der Waals surface area contributed by atoms with Crippen molar-refractivity contribution in [1.29, 1.82) is 0 Å². The lowest BCUT2D eigenvalue weighted by atomic mass is 9.82. The van der Waals surface area contributed by atoms with E-state index in [2.05, 4.69) is 5.32 Å². The van der Waals surface area contributed by atoms with Gasteiger partial charge in [0, 0.05) is 26.2 Å². The second kappa shape index (κ2) is 7.40. The summed E-state index contributed by atoms with van der Waals surface area (Å²) in [6.07, 6.45) is 2.22. The normalized spacial score (nSPS) is 18.4. The average molecular weight is 305 g/mol. The Morgan fingerprint density at radius 2 is 1.91 bits per heavy atom. The number of ether oxygens (including phenoxy) is 1. The van der Waals surface area contributed by atoms with Crippen LogP contribution in [0.1, 0.15) is 31.7 Å². The van der Waals surface area contributed by atoms with Gasteiger partial charge in [0.25, 0.3) is 0 Å². The van der Waals surface area contributed by atoms with E-state index in [1.165, 1.54) is 0 Å². The number of rotatable bonds is 6. The van der Waals surface area contributed by atoms with Crippen molar-refractivity contribution in [3.05, 3.63) is 35.9 Å². The van der Waals surface area contributed by atoms with Crippen LogP contribution in [0.4, 0.5) is 0 Å². The first-order valence-corrected chi connectivity index (χ1v) is 7.66. The van der Waals surface area contributed by atoms with Crippen molar-refractivity contribution in [3.8, 4) is 0 Å². The van der Waals surface area contributed by atoms with Gasteiger partial charge in [0.2, 0.25) is 5.91 Å². The predicted octanol–water partition coefficient (Wildman–Crippen LogP) is 1.96. The van der Waals surface area contributed by atoms with Crippen LogP contribution in [0.3, 0.4) is 0 Å². The molecule has 1 aliphatic rings. The van der Waals surface area contributed by atoms with Crippen LogP contribution in [0.2, 0.25) is 0 Å². The molecular weight excluding hydrogens is 282 g/mol. The summed E-state index contributed by atoms with van der Waals surface area (Å²) in [5, 5.41) is 12.3. The van der Waals surface area contributed by atoms with Crippen LogP contribution < -0.4 is 5.32 Å². The standard InChI is InChI=1S/C17H23NO4/c1-17(16(20)21,14-5-3-2-4-6-14)12-18-15(19)11-13-7-9-22-10-8-13/h2-6,13H,7-12H2,1H3,(H,18,19)(H,20,21). The van der Waals surface area contributed by atoms with Gasteiger partial charge in [-0.2, -0.15) is 0 Å². The molecule has 0 radical (unpaired) electrons. The lowest BCUT2D eigenvalue weighted by Crippen LogP contribution is -2.44. The van der Waals surface area contributed by atoms with E-state index in [1.54, 1.807) is 31.2 Å². The Balaban J connectivity index is 1.94. The molecule has 0 bridgehead atoms. The summed E-state index contributed by atoms with van der Waals surface area (Å²) < 4.78 is 5.28. The lowest BCUT2D eigenvalue weighted by molar-refractivity contribution is -0.143. The van der Waals surface area contributed by atoms with E-state index in [0.29, 0.717) is 31.1 Å². The Bertz CT molecular complexity index is 511. The van der Waals surface area contributed by atoms with E-state index in [4.69, 9.17) is 4.74 Å². The van der Waals surface area contributed by atoms with Gasteiger partial charge in [0.15, 0.2) is 0 Å². The van der Waals surface area contributed by atoms with E-state index in [-0.39, 0.29) is 12.5 Å². The minimum Gasteiger partial charge on any atom is -0.481 e. The topological polar surface area (TPSA) is 75.6 Å². The van der Waals surface area contributed by atoms with Crippen LogP contribution in [-0.4, -0.2) is 36.7 Å². The zero-order chi connectivity index (χ0) is 16.0. The maximum Gasteiger partial charge on any atom is 0.315 e. The molecule has 1 saturated heterocycles. The van der Waals surface area contributed by atoms with E-state index in [9.17, 15) is 14.7 Å². The van der Waals surface area contributed by atoms with Crippen LogP contribution >= 0.6 is 0 Å². The zero-order valence-corrected chi connectivity index (χ0v) is 12.9. The molecule has 120 valence electrons. The Hall–Kier alpha value is -1.88. The number of carbonyl (C=O) groups excluding carboxylic acids is 1. The SMILES string of the molecule is CC(CNC(=O)CC1CCOCC1)(C(=O)O)c1ccccc1. The van der Waals surface area contributed by atoms with Crippen LogP contribution in [-0.2, 0) is 19.7 Å². The number of hydrogen-bond donors (Lipinski definition) is 2. The maximum absolute atomic E-state index is 12.1. The molecule has 1 aromatic rings. The third kappa shape index (κ3) is 4.07. The molecule has 1 amide bonds. The van der Waals surface area contributed by atoms with Gasteiger partial charge in [-0.05, 0) is 31.2 Å². The molecule has 2 N–H and O–H groups in total. The van der Waals surface area contributed by atoms with Gasteiger partial charge in [-0.25, -0.2) is 0 Å². The summed E-state index contributed by atoms with van der Waals surface area (Å²) in [6, 6.07) is 9.01. The molecule has 0 aromatic heterocycles. The maximum atomic E-state index is 12.1. The third-order valence-electron chi connectivity index (χ3n) is 4.34. The Labute approximate surface area is 130 Å². The van der Waals surface area contributed by atoms with Crippen LogP contribution in [0.25, 0.3) is 0 Å². The van der Waals surface area contributed by atoms with Gasteiger partial charge in [-0.1, -0.05) is 30.3 Å². The van der Waals surface area contributed by atoms with Gasteiger partial charge < -0.3 is 15.2 Å².